The average molecular weight is 305 g/mol. The van der Waals surface area contributed by atoms with Crippen LogP contribution in [0.15, 0.2) is 24.3 Å². The van der Waals surface area contributed by atoms with Crippen LogP contribution < -0.4 is 10.1 Å². The van der Waals surface area contributed by atoms with Gasteiger partial charge in [-0.1, -0.05) is 44.7 Å². The zero-order valence-electron chi connectivity index (χ0n) is 13.6. The van der Waals surface area contributed by atoms with Crippen LogP contribution in [0.1, 0.15) is 57.1 Å². The van der Waals surface area contributed by atoms with Crippen LogP contribution in [0.3, 0.4) is 0 Å². The number of carbonyl (C=O) groups excluding carboxylic acids is 1. The first kappa shape index (κ1) is 16.8. The number of hydrogen-bond donors (Lipinski definition) is 2. The maximum atomic E-state index is 12.5. The zero-order chi connectivity index (χ0) is 16.0. The number of rotatable bonds is 5. The second-order valence-electron chi connectivity index (χ2n) is 6.47. The van der Waals surface area contributed by atoms with Crippen LogP contribution in [0.2, 0.25) is 0 Å². The first-order valence-corrected chi connectivity index (χ1v) is 8.15. The number of hydrogen-bond acceptors (Lipinski definition) is 3. The van der Waals surface area contributed by atoms with Gasteiger partial charge in [0, 0.05) is 12.0 Å². The molecule has 0 spiro atoms. The van der Waals surface area contributed by atoms with Crippen LogP contribution >= 0.6 is 0 Å². The third-order valence-electron chi connectivity index (χ3n) is 4.71. The molecule has 4 nitrogen and oxygen atoms in total. The number of nitrogens with one attached hydrogen (secondary N) is 1. The van der Waals surface area contributed by atoms with Gasteiger partial charge in [0.2, 0.25) is 5.91 Å². The van der Waals surface area contributed by atoms with E-state index < -0.39 is 6.10 Å². The van der Waals surface area contributed by atoms with Crippen LogP contribution in [0.25, 0.3) is 0 Å². The summed E-state index contributed by atoms with van der Waals surface area (Å²) in [6.07, 6.45) is 5.86. The van der Waals surface area contributed by atoms with Crippen molar-refractivity contribution in [3.8, 4) is 5.75 Å². The fraction of sp³-hybridized carbons (Fsp3) is 0.611. The van der Waals surface area contributed by atoms with Crippen molar-refractivity contribution < 1.29 is 14.6 Å². The van der Waals surface area contributed by atoms with Crippen LogP contribution in [-0.2, 0) is 4.79 Å². The van der Waals surface area contributed by atoms with Crippen LogP contribution in [0.4, 0.5) is 0 Å². The number of ether oxygens (including phenoxy) is 1. The number of aliphatic hydroxyl groups is 1. The standard InChI is InChI=1S/C18H27NO3/c1-18(11-5-3-4-6-12-18)17(21)19-13-16(20)14-7-9-15(22-2)10-8-14/h7-10,16,20H,3-6,11-13H2,1-2H3,(H,19,21). The highest BCUT2D eigenvalue weighted by Gasteiger charge is 2.33. The normalized spacial score (nSPS) is 19.0. The largest absolute Gasteiger partial charge is 0.497 e. The van der Waals surface area contributed by atoms with E-state index in [1.165, 1.54) is 12.8 Å². The zero-order valence-corrected chi connectivity index (χ0v) is 13.6. The molecule has 2 N–H and O–H groups in total. The molecular weight excluding hydrogens is 278 g/mol. The van der Waals surface area contributed by atoms with Gasteiger partial charge in [0.1, 0.15) is 5.75 Å². The summed E-state index contributed by atoms with van der Waals surface area (Å²) in [7, 11) is 1.61. The Kier molecular flexibility index (Phi) is 5.83. The average Bonchev–Trinajstić information content (AvgIpc) is 2.78. The third-order valence-corrected chi connectivity index (χ3v) is 4.71. The quantitative estimate of drug-likeness (QED) is 0.821. The predicted octanol–water partition coefficient (Wildman–Crippen LogP) is 3.21. The van der Waals surface area contributed by atoms with Gasteiger partial charge in [0.25, 0.3) is 0 Å². The highest BCUT2D eigenvalue weighted by atomic mass is 16.5. The first-order chi connectivity index (χ1) is 10.5. The Balaban J connectivity index is 1.88. The first-order valence-electron chi connectivity index (χ1n) is 8.15. The Labute approximate surface area is 132 Å². The van der Waals surface area contributed by atoms with Gasteiger partial charge in [-0.15, -0.1) is 0 Å². The van der Waals surface area contributed by atoms with Gasteiger partial charge in [-0.05, 0) is 30.5 Å². The molecule has 1 aromatic rings. The van der Waals surface area contributed by atoms with Gasteiger partial charge >= 0.3 is 0 Å². The molecule has 0 heterocycles. The molecule has 0 saturated heterocycles. The molecule has 22 heavy (non-hydrogen) atoms. The SMILES string of the molecule is COc1ccc(C(O)CNC(=O)C2(C)CCCCCC2)cc1. The Bertz CT molecular complexity index is 476. The van der Waals surface area contributed by atoms with E-state index >= 15 is 0 Å². The lowest BCUT2D eigenvalue weighted by atomic mass is 9.81. The topological polar surface area (TPSA) is 58.6 Å². The number of methoxy groups -OCH3 is 1. The van der Waals surface area contributed by atoms with Crippen molar-refractivity contribution in [3.63, 3.8) is 0 Å². The van der Waals surface area contributed by atoms with Crippen molar-refractivity contribution in [3.05, 3.63) is 29.8 Å². The molecule has 4 heteroatoms. The van der Waals surface area contributed by atoms with Crippen LogP contribution in [0.5, 0.6) is 5.75 Å². The lowest BCUT2D eigenvalue weighted by Crippen LogP contribution is -2.40. The minimum atomic E-state index is -0.691. The molecule has 2 rings (SSSR count). The maximum absolute atomic E-state index is 12.5. The molecule has 1 amide bonds. The van der Waals surface area contributed by atoms with E-state index in [0.717, 1.165) is 37.0 Å². The summed E-state index contributed by atoms with van der Waals surface area (Å²) < 4.78 is 5.10. The predicted molar refractivity (Wildman–Crippen MR) is 86.8 cm³/mol. The van der Waals surface area contributed by atoms with Gasteiger partial charge in [-0.3, -0.25) is 4.79 Å². The Morgan fingerprint density at radius 3 is 2.36 bits per heavy atom. The second-order valence-corrected chi connectivity index (χ2v) is 6.47. The molecule has 122 valence electrons. The minimum absolute atomic E-state index is 0.0713. The number of aliphatic hydroxyl groups excluding tert-OH is 1. The van der Waals surface area contributed by atoms with E-state index in [1.54, 1.807) is 7.11 Å². The van der Waals surface area contributed by atoms with Gasteiger partial charge in [-0.25, -0.2) is 0 Å². The molecule has 1 aliphatic rings. The Morgan fingerprint density at radius 2 is 1.82 bits per heavy atom. The molecule has 1 saturated carbocycles. The summed E-state index contributed by atoms with van der Waals surface area (Å²) in [6, 6.07) is 7.27. The lowest BCUT2D eigenvalue weighted by molar-refractivity contribution is -0.131. The molecular formula is C18H27NO3. The monoisotopic (exact) mass is 305 g/mol. The summed E-state index contributed by atoms with van der Waals surface area (Å²) in [5, 5.41) is 13.1. The van der Waals surface area contributed by atoms with Crippen molar-refractivity contribution in [2.24, 2.45) is 5.41 Å². The highest BCUT2D eigenvalue weighted by molar-refractivity contribution is 5.82. The Morgan fingerprint density at radius 1 is 1.23 bits per heavy atom. The smallest absolute Gasteiger partial charge is 0.226 e. The molecule has 0 aromatic heterocycles. The van der Waals surface area contributed by atoms with E-state index in [1.807, 2.05) is 31.2 Å². The van der Waals surface area contributed by atoms with E-state index in [9.17, 15) is 9.90 Å². The summed E-state index contributed by atoms with van der Waals surface area (Å²) in [6.45, 7) is 2.30. The molecule has 1 aliphatic carbocycles. The maximum Gasteiger partial charge on any atom is 0.226 e. The van der Waals surface area contributed by atoms with E-state index in [-0.39, 0.29) is 17.9 Å². The molecule has 1 aromatic carbocycles. The molecule has 1 unspecified atom stereocenters. The number of amides is 1. The van der Waals surface area contributed by atoms with Gasteiger partial charge < -0.3 is 15.2 Å². The Hall–Kier alpha value is -1.55. The summed E-state index contributed by atoms with van der Waals surface area (Å²) in [5.41, 5.74) is 0.503. The lowest BCUT2D eigenvalue weighted by Gasteiger charge is -2.27. The van der Waals surface area contributed by atoms with Crippen molar-refractivity contribution >= 4 is 5.91 Å². The third kappa shape index (κ3) is 4.23. The molecule has 0 aliphatic heterocycles. The number of carbonyl (C=O) groups is 1. The summed E-state index contributed by atoms with van der Waals surface area (Å²) >= 11 is 0. The molecule has 0 radical (unpaired) electrons. The minimum Gasteiger partial charge on any atom is -0.497 e. The van der Waals surface area contributed by atoms with E-state index in [4.69, 9.17) is 4.74 Å². The summed E-state index contributed by atoms with van der Waals surface area (Å²) in [4.78, 5) is 12.5. The molecule has 1 fully saturated rings. The second kappa shape index (κ2) is 7.63. The van der Waals surface area contributed by atoms with Crippen molar-refractivity contribution in [2.45, 2.75) is 51.6 Å². The van der Waals surface area contributed by atoms with Gasteiger partial charge in [0.15, 0.2) is 0 Å². The summed E-state index contributed by atoms with van der Waals surface area (Å²) in [5.74, 6) is 0.827. The number of benzene rings is 1. The fourth-order valence-electron chi connectivity index (χ4n) is 3.08. The van der Waals surface area contributed by atoms with Gasteiger partial charge in [0.05, 0.1) is 13.2 Å². The van der Waals surface area contributed by atoms with Crippen molar-refractivity contribution in [2.75, 3.05) is 13.7 Å². The van der Waals surface area contributed by atoms with Gasteiger partial charge in [-0.2, -0.15) is 0 Å². The van der Waals surface area contributed by atoms with Crippen LogP contribution in [0, 0.1) is 5.41 Å². The van der Waals surface area contributed by atoms with E-state index in [0.29, 0.717) is 0 Å². The van der Waals surface area contributed by atoms with E-state index in [2.05, 4.69) is 5.32 Å². The highest BCUT2D eigenvalue weighted by Crippen LogP contribution is 2.34. The molecule has 0 bridgehead atoms. The fourth-order valence-corrected chi connectivity index (χ4v) is 3.08. The van der Waals surface area contributed by atoms with Crippen molar-refractivity contribution in [1.29, 1.82) is 0 Å². The van der Waals surface area contributed by atoms with Crippen LogP contribution in [-0.4, -0.2) is 24.7 Å². The molecule has 1 atom stereocenters. The van der Waals surface area contributed by atoms with Crippen molar-refractivity contribution in [1.82, 2.24) is 5.32 Å².